The van der Waals surface area contributed by atoms with E-state index in [9.17, 15) is 5.11 Å². The maximum Gasteiger partial charge on any atom is 0.138 e. The molecule has 0 saturated carbocycles. The van der Waals surface area contributed by atoms with Crippen LogP contribution in [0.25, 0.3) is 5.57 Å². The molecule has 0 bridgehead atoms. The maximum absolute atomic E-state index is 10.2. The SMILES string of the molecule is COc1cc(CC(C)C)ccc1COc1ccc2c(c1)CCC(CN1CCN(c3ccccc3O)CC1)=C2C. The first kappa shape index (κ1) is 27.1. The lowest BCUT2D eigenvalue weighted by Gasteiger charge is -2.37. The first-order chi connectivity index (χ1) is 18.9. The molecule has 0 atom stereocenters. The number of allylic oxidation sites excluding steroid dienone is 1. The Labute approximate surface area is 233 Å². The number of benzene rings is 3. The summed E-state index contributed by atoms with van der Waals surface area (Å²) in [5.41, 5.74) is 8.99. The lowest BCUT2D eigenvalue weighted by molar-refractivity contribution is 0.275. The second-order valence-corrected chi connectivity index (χ2v) is 11.3. The number of anilines is 1. The number of piperazine rings is 1. The minimum atomic E-state index is 0.371. The number of para-hydroxylation sites is 2. The van der Waals surface area contributed by atoms with Crippen molar-refractivity contribution in [1.82, 2.24) is 4.90 Å². The smallest absolute Gasteiger partial charge is 0.138 e. The van der Waals surface area contributed by atoms with Gasteiger partial charge in [0.2, 0.25) is 0 Å². The molecule has 1 fully saturated rings. The molecule has 3 aromatic rings. The first-order valence-electron chi connectivity index (χ1n) is 14.3. The Morgan fingerprint density at radius 1 is 0.923 bits per heavy atom. The average molecular weight is 527 g/mol. The number of methoxy groups -OCH3 is 1. The average Bonchev–Trinajstić information content (AvgIpc) is 2.94. The quantitative estimate of drug-likeness (QED) is 0.335. The third kappa shape index (κ3) is 6.42. The standard InChI is InChI=1S/C34H42N2O3/c1-24(2)19-26-9-10-29(34(20-26)38-4)23-39-30-13-14-31-25(3)28(12-11-27(31)21-30)22-35-15-17-36(18-16-35)32-7-5-6-8-33(32)37/h5-10,13-14,20-21,24,37H,11-12,15-19,22-23H2,1-4H3. The fourth-order valence-corrected chi connectivity index (χ4v) is 5.91. The molecule has 206 valence electrons. The third-order valence-corrected chi connectivity index (χ3v) is 8.11. The minimum absolute atomic E-state index is 0.371. The fraction of sp³-hybridized carbons (Fsp3) is 0.412. The molecule has 3 aromatic carbocycles. The normalized spacial score (nSPS) is 16.0. The second kappa shape index (κ2) is 12.2. The van der Waals surface area contributed by atoms with Gasteiger partial charge in [0, 0.05) is 38.3 Å². The summed E-state index contributed by atoms with van der Waals surface area (Å²) in [7, 11) is 1.73. The molecule has 2 aliphatic rings. The fourth-order valence-electron chi connectivity index (χ4n) is 5.91. The molecule has 0 unspecified atom stereocenters. The van der Waals surface area contributed by atoms with E-state index in [1.54, 1.807) is 18.7 Å². The van der Waals surface area contributed by atoms with Gasteiger partial charge in [-0.05, 0) is 84.7 Å². The Morgan fingerprint density at radius 3 is 2.46 bits per heavy atom. The van der Waals surface area contributed by atoms with Gasteiger partial charge >= 0.3 is 0 Å². The van der Waals surface area contributed by atoms with Gasteiger partial charge in [-0.3, -0.25) is 4.90 Å². The van der Waals surface area contributed by atoms with Gasteiger partial charge in [0.05, 0.1) is 12.8 Å². The van der Waals surface area contributed by atoms with Crippen molar-refractivity contribution in [2.45, 2.75) is 46.6 Å². The molecule has 1 aliphatic carbocycles. The van der Waals surface area contributed by atoms with Crippen molar-refractivity contribution in [2.75, 3.05) is 44.7 Å². The van der Waals surface area contributed by atoms with Crippen molar-refractivity contribution >= 4 is 11.3 Å². The highest BCUT2D eigenvalue weighted by Crippen LogP contribution is 2.35. The van der Waals surface area contributed by atoms with Gasteiger partial charge in [0.15, 0.2) is 0 Å². The first-order valence-corrected chi connectivity index (χ1v) is 14.3. The van der Waals surface area contributed by atoms with Crippen molar-refractivity contribution in [3.63, 3.8) is 0 Å². The Kier molecular flexibility index (Phi) is 8.47. The number of phenolic OH excluding ortho intramolecular Hbond substituents is 1. The van der Waals surface area contributed by atoms with Crippen molar-refractivity contribution in [3.05, 3.63) is 88.5 Å². The Balaban J connectivity index is 1.20. The minimum Gasteiger partial charge on any atom is -0.506 e. The van der Waals surface area contributed by atoms with Gasteiger partial charge in [-0.25, -0.2) is 0 Å². The summed E-state index contributed by atoms with van der Waals surface area (Å²) < 4.78 is 11.9. The van der Waals surface area contributed by atoms with E-state index in [0.29, 0.717) is 18.3 Å². The Bertz CT molecular complexity index is 1320. The zero-order chi connectivity index (χ0) is 27.4. The topological polar surface area (TPSA) is 45.2 Å². The lowest BCUT2D eigenvalue weighted by atomic mass is 9.86. The summed E-state index contributed by atoms with van der Waals surface area (Å²) >= 11 is 0. The number of aryl methyl sites for hydroxylation is 1. The van der Waals surface area contributed by atoms with Crippen LogP contribution in [0, 0.1) is 5.92 Å². The molecule has 5 nitrogen and oxygen atoms in total. The highest BCUT2D eigenvalue weighted by molar-refractivity contribution is 5.72. The lowest BCUT2D eigenvalue weighted by Crippen LogP contribution is -2.47. The molecule has 39 heavy (non-hydrogen) atoms. The van der Waals surface area contributed by atoms with Crippen molar-refractivity contribution < 1.29 is 14.6 Å². The van der Waals surface area contributed by atoms with Crippen molar-refractivity contribution in [1.29, 1.82) is 0 Å². The van der Waals surface area contributed by atoms with Crippen LogP contribution in [-0.2, 0) is 19.4 Å². The third-order valence-electron chi connectivity index (χ3n) is 8.11. The zero-order valence-corrected chi connectivity index (χ0v) is 23.9. The van der Waals surface area contributed by atoms with Gasteiger partial charge in [-0.1, -0.05) is 49.8 Å². The maximum atomic E-state index is 10.2. The van der Waals surface area contributed by atoms with Crippen LogP contribution >= 0.6 is 0 Å². The van der Waals surface area contributed by atoms with Crippen LogP contribution in [0.3, 0.4) is 0 Å². The zero-order valence-electron chi connectivity index (χ0n) is 23.9. The van der Waals surface area contributed by atoms with E-state index in [2.05, 4.69) is 67.0 Å². The number of phenols is 1. The Morgan fingerprint density at radius 2 is 1.72 bits per heavy atom. The number of ether oxygens (including phenoxy) is 2. The molecular weight excluding hydrogens is 484 g/mol. The largest absolute Gasteiger partial charge is 0.506 e. The van der Waals surface area contributed by atoms with Crippen molar-refractivity contribution in [3.8, 4) is 17.2 Å². The summed E-state index contributed by atoms with van der Waals surface area (Å²) in [4.78, 5) is 4.85. The van der Waals surface area contributed by atoms with E-state index in [-0.39, 0.29) is 0 Å². The number of rotatable bonds is 9. The monoisotopic (exact) mass is 526 g/mol. The summed E-state index contributed by atoms with van der Waals surface area (Å²) in [6.45, 7) is 12.1. The highest BCUT2D eigenvalue weighted by atomic mass is 16.5. The van der Waals surface area contributed by atoms with Gasteiger partial charge in [0.25, 0.3) is 0 Å². The van der Waals surface area contributed by atoms with Gasteiger partial charge in [0.1, 0.15) is 23.9 Å². The molecule has 5 rings (SSSR count). The summed E-state index contributed by atoms with van der Waals surface area (Å²) in [6.07, 6.45) is 3.18. The van der Waals surface area contributed by atoms with Crippen LogP contribution in [0.15, 0.2) is 66.2 Å². The summed E-state index contributed by atoms with van der Waals surface area (Å²) in [6, 6.07) is 20.7. The highest BCUT2D eigenvalue weighted by Gasteiger charge is 2.23. The van der Waals surface area contributed by atoms with Gasteiger partial charge in [-0.15, -0.1) is 0 Å². The molecule has 5 heteroatoms. The van der Waals surface area contributed by atoms with Crippen LogP contribution in [0.2, 0.25) is 0 Å². The van der Waals surface area contributed by atoms with Gasteiger partial charge < -0.3 is 19.5 Å². The van der Waals surface area contributed by atoms with E-state index in [1.165, 1.54) is 22.3 Å². The molecule has 1 N–H and O–H groups in total. The number of hydrogen-bond donors (Lipinski definition) is 1. The van der Waals surface area contributed by atoms with Crippen molar-refractivity contribution in [2.24, 2.45) is 5.92 Å². The summed E-state index contributed by atoms with van der Waals surface area (Å²) in [5.74, 6) is 2.80. The van der Waals surface area contributed by atoms with E-state index >= 15 is 0 Å². The van der Waals surface area contributed by atoms with Crippen LogP contribution in [0.4, 0.5) is 5.69 Å². The van der Waals surface area contributed by atoms with Crippen LogP contribution < -0.4 is 14.4 Å². The molecular formula is C34H42N2O3. The molecule has 0 radical (unpaired) electrons. The number of aromatic hydroxyl groups is 1. The molecule has 0 amide bonds. The number of nitrogens with zero attached hydrogens (tertiary/aromatic N) is 2. The summed E-state index contributed by atoms with van der Waals surface area (Å²) in [5, 5.41) is 10.2. The number of fused-ring (bicyclic) bond motifs is 1. The molecule has 1 heterocycles. The van der Waals surface area contributed by atoms with Gasteiger partial charge in [-0.2, -0.15) is 0 Å². The van der Waals surface area contributed by atoms with E-state index < -0.39 is 0 Å². The van der Waals surface area contributed by atoms with Crippen LogP contribution in [0.5, 0.6) is 17.2 Å². The predicted molar refractivity (Wildman–Crippen MR) is 160 cm³/mol. The Hall–Kier alpha value is -3.44. The molecule has 1 saturated heterocycles. The predicted octanol–water partition coefficient (Wildman–Crippen LogP) is 6.72. The molecule has 1 aliphatic heterocycles. The second-order valence-electron chi connectivity index (χ2n) is 11.3. The molecule has 0 spiro atoms. The van der Waals surface area contributed by atoms with E-state index in [0.717, 1.165) is 74.7 Å². The van der Waals surface area contributed by atoms with E-state index in [1.807, 2.05) is 18.2 Å². The van der Waals surface area contributed by atoms with Crippen LogP contribution in [-0.4, -0.2) is 49.8 Å². The van der Waals surface area contributed by atoms with Crippen LogP contribution in [0.1, 0.15) is 49.4 Å². The number of hydrogen-bond acceptors (Lipinski definition) is 5. The molecule has 0 aromatic heterocycles. The van der Waals surface area contributed by atoms with E-state index in [4.69, 9.17) is 9.47 Å².